The maximum absolute atomic E-state index is 10.4. The zero-order valence-corrected chi connectivity index (χ0v) is 7.85. The second kappa shape index (κ2) is 3.58. The summed E-state index contributed by atoms with van der Waals surface area (Å²) in [6.45, 7) is 3.80. The third kappa shape index (κ3) is 2.23. The summed E-state index contributed by atoms with van der Waals surface area (Å²) in [4.78, 5) is 11.4. The van der Waals surface area contributed by atoms with Crippen LogP contribution in [0, 0.1) is 6.92 Å². The quantitative estimate of drug-likeness (QED) is 0.768. The number of carbonyl (C=O) groups excluding carboxylic acids is 1. The lowest BCUT2D eigenvalue weighted by atomic mass is 10.3. The van der Waals surface area contributed by atoms with Gasteiger partial charge in [0.25, 0.3) is 0 Å². The highest BCUT2D eigenvalue weighted by Gasteiger charge is 2.10. The molecule has 0 aliphatic rings. The van der Waals surface area contributed by atoms with Gasteiger partial charge in [0.2, 0.25) is 0 Å². The van der Waals surface area contributed by atoms with Crippen molar-refractivity contribution in [3.63, 3.8) is 0 Å². The summed E-state index contributed by atoms with van der Waals surface area (Å²) < 4.78 is 4.80. The number of hydrogen-bond donors (Lipinski definition) is 1. The van der Waals surface area contributed by atoms with Gasteiger partial charge < -0.3 is 10.5 Å². The predicted octanol–water partition coefficient (Wildman–Crippen LogP) is 2.21. The smallest absolute Gasteiger partial charge is 0.405 e. The first kappa shape index (κ1) is 9.06. The maximum atomic E-state index is 10.4. The molecular weight excluding hydrogens is 174 g/mol. The molecule has 0 bridgehead atoms. The number of carbonyl (C=O) groups is 1. The molecule has 1 amide bonds. The summed E-state index contributed by atoms with van der Waals surface area (Å²) in [5, 5.41) is 2.01. The molecule has 0 spiro atoms. The Balaban J connectivity index is 2.64. The lowest BCUT2D eigenvalue weighted by Crippen LogP contribution is -2.14. The van der Waals surface area contributed by atoms with Gasteiger partial charge in [0.1, 0.15) is 6.10 Å². The van der Waals surface area contributed by atoms with Crippen molar-refractivity contribution in [1.29, 1.82) is 0 Å². The van der Waals surface area contributed by atoms with E-state index in [-0.39, 0.29) is 6.10 Å². The topological polar surface area (TPSA) is 52.3 Å². The fourth-order valence-corrected chi connectivity index (χ4v) is 1.78. The average molecular weight is 185 g/mol. The molecule has 0 saturated heterocycles. The molecule has 1 atom stereocenters. The van der Waals surface area contributed by atoms with E-state index >= 15 is 0 Å². The van der Waals surface area contributed by atoms with E-state index < -0.39 is 6.09 Å². The predicted molar refractivity (Wildman–Crippen MR) is 48.1 cm³/mol. The zero-order chi connectivity index (χ0) is 9.14. The Morgan fingerprint density at radius 1 is 1.75 bits per heavy atom. The lowest BCUT2D eigenvalue weighted by Gasteiger charge is -2.07. The fraction of sp³-hybridized carbons (Fsp3) is 0.375. The van der Waals surface area contributed by atoms with Gasteiger partial charge in [0.15, 0.2) is 0 Å². The summed E-state index contributed by atoms with van der Waals surface area (Å²) in [7, 11) is 0. The second-order valence-electron chi connectivity index (χ2n) is 2.61. The van der Waals surface area contributed by atoms with Gasteiger partial charge in [-0.05, 0) is 30.9 Å². The van der Waals surface area contributed by atoms with Crippen LogP contribution in [0.2, 0.25) is 0 Å². The summed E-state index contributed by atoms with van der Waals surface area (Å²) in [6, 6.07) is 1.98. The molecular formula is C8H11NO2S. The van der Waals surface area contributed by atoms with Crippen LogP contribution in [-0.4, -0.2) is 6.09 Å². The molecule has 3 nitrogen and oxygen atoms in total. The third-order valence-corrected chi connectivity index (χ3v) is 2.66. The van der Waals surface area contributed by atoms with Gasteiger partial charge in [-0.3, -0.25) is 0 Å². The Morgan fingerprint density at radius 2 is 2.42 bits per heavy atom. The van der Waals surface area contributed by atoms with E-state index in [9.17, 15) is 4.79 Å². The van der Waals surface area contributed by atoms with E-state index in [1.165, 1.54) is 5.56 Å². The van der Waals surface area contributed by atoms with E-state index in [2.05, 4.69) is 0 Å². The zero-order valence-electron chi connectivity index (χ0n) is 7.03. The SMILES string of the molecule is Cc1csc(C(C)OC(N)=O)c1. The highest BCUT2D eigenvalue weighted by molar-refractivity contribution is 7.10. The number of primary amides is 1. The van der Waals surface area contributed by atoms with Crippen molar-refractivity contribution in [2.24, 2.45) is 5.73 Å². The van der Waals surface area contributed by atoms with Crippen molar-refractivity contribution in [3.05, 3.63) is 21.9 Å². The molecule has 1 aromatic rings. The van der Waals surface area contributed by atoms with Crippen molar-refractivity contribution in [3.8, 4) is 0 Å². The Bertz CT molecular complexity index is 282. The molecule has 0 aliphatic carbocycles. The summed E-state index contributed by atoms with van der Waals surface area (Å²) in [5.74, 6) is 0. The number of aryl methyl sites for hydroxylation is 1. The van der Waals surface area contributed by atoms with Crippen molar-refractivity contribution in [2.45, 2.75) is 20.0 Å². The van der Waals surface area contributed by atoms with Gasteiger partial charge in [0.05, 0.1) is 0 Å². The highest BCUT2D eigenvalue weighted by atomic mass is 32.1. The first-order valence-corrected chi connectivity index (χ1v) is 4.48. The van der Waals surface area contributed by atoms with Crippen molar-refractivity contribution in [2.75, 3.05) is 0 Å². The molecule has 0 saturated carbocycles. The molecule has 1 unspecified atom stereocenters. The van der Waals surface area contributed by atoms with E-state index in [0.29, 0.717) is 0 Å². The minimum absolute atomic E-state index is 0.235. The highest BCUT2D eigenvalue weighted by Crippen LogP contribution is 2.23. The van der Waals surface area contributed by atoms with Gasteiger partial charge in [-0.1, -0.05) is 0 Å². The fourth-order valence-electron chi connectivity index (χ4n) is 0.899. The van der Waals surface area contributed by atoms with Crippen LogP contribution >= 0.6 is 11.3 Å². The van der Waals surface area contributed by atoms with Crippen molar-refractivity contribution < 1.29 is 9.53 Å². The first-order valence-electron chi connectivity index (χ1n) is 3.60. The number of nitrogens with two attached hydrogens (primary N) is 1. The van der Waals surface area contributed by atoms with Gasteiger partial charge in [-0.15, -0.1) is 11.3 Å². The molecule has 0 radical (unpaired) electrons. The van der Waals surface area contributed by atoms with Crippen molar-refractivity contribution >= 4 is 17.4 Å². The Morgan fingerprint density at radius 3 is 2.83 bits per heavy atom. The van der Waals surface area contributed by atoms with Crippen LogP contribution in [0.25, 0.3) is 0 Å². The van der Waals surface area contributed by atoms with Crippen molar-refractivity contribution in [1.82, 2.24) is 0 Å². The Labute approximate surface area is 75.1 Å². The molecule has 2 N–H and O–H groups in total. The minimum atomic E-state index is -0.728. The van der Waals surface area contributed by atoms with Crippen LogP contribution in [0.15, 0.2) is 11.4 Å². The maximum Gasteiger partial charge on any atom is 0.405 e. The molecule has 1 heterocycles. The number of hydrogen-bond acceptors (Lipinski definition) is 3. The van der Waals surface area contributed by atoms with Gasteiger partial charge in [-0.25, -0.2) is 4.79 Å². The van der Waals surface area contributed by atoms with Gasteiger partial charge in [-0.2, -0.15) is 0 Å². The minimum Gasteiger partial charge on any atom is -0.441 e. The number of rotatable bonds is 2. The Kier molecular flexibility index (Phi) is 2.70. The first-order chi connectivity index (χ1) is 5.59. The molecule has 0 aromatic carbocycles. The van der Waals surface area contributed by atoms with E-state index in [1.54, 1.807) is 18.3 Å². The van der Waals surface area contributed by atoms with E-state index in [0.717, 1.165) is 4.88 Å². The monoisotopic (exact) mass is 185 g/mol. The van der Waals surface area contributed by atoms with Crippen LogP contribution in [0.5, 0.6) is 0 Å². The molecule has 1 rings (SSSR count). The third-order valence-electron chi connectivity index (χ3n) is 1.44. The summed E-state index contributed by atoms with van der Waals surface area (Å²) >= 11 is 1.57. The normalized spacial score (nSPS) is 12.5. The van der Waals surface area contributed by atoms with Crippen LogP contribution in [0.1, 0.15) is 23.5 Å². The number of amides is 1. The summed E-state index contributed by atoms with van der Waals surface area (Å²) in [6.07, 6.45) is -0.963. The van der Waals surface area contributed by atoms with Gasteiger partial charge in [0, 0.05) is 4.88 Å². The largest absolute Gasteiger partial charge is 0.441 e. The van der Waals surface area contributed by atoms with Crippen LogP contribution in [0.3, 0.4) is 0 Å². The molecule has 0 aliphatic heterocycles. The van der Waals surface area contributed by atoms with Gasteiger partial charge >= 0.3 is 6.09 Å². The van der Waals surface area contributed by atoms with Crippen LogP contribution in [-0.2, 0) is 4.74 Å². The Hall–Kier alpha value is -1.03. The standard InChI is InChI=1S/C8H11NO2S/c1-5-3-7(12-4-5)6(2)11-8(9)10/h3-4,6H,1-2H3,(H2,9,10). The molecule has 66 valence electrons. The number of thiophene rings is 1. The molecule has 1 aromatic heterocycles. The lowest BCUT2D eigenvalue weighted by molar-refractivity contribution is 0.118. The number of ether oxygens (including phenoxy) is 1. The molecule has 0 fully saturated rings. The second-order valence-corrected chi connectivity index (χ2v) is 3.55. The van der Waals surface area contributed by atoms with Crippen LogP contribution in [0.4, 0.5) is 4.79 Å². The average Bonchev–Trinajstić information content (AvgIpc) is 2.34. The molecule has 4 heteroatoms. The molecule has 12 heavy (non-hydrogen) atoms. The van der Waals surface area contributed by atoms with E-state index in [1.807, 2.05) is 18.4 Å². The summed E-state index contributed by atoms with van der Waals surface area (Å²) in [5.41, 5.74) is 6.06. The van der Waals surface area contributed by atoms with Crippen LogP contribution < -0.4 is 5.73 Å². The van der Waals surface area contributed by atoms with E-state index in [4.69, 9.17) is 10.5 Å².